The van der Waals surface area contributed by atoms with E-state index in [1.54, 1.807) is 13.2 Å². The number of hydrogen-bond acceptors (Lipinski definition) is 4. The van der Waals surface area contributed by atoms with Crippen LogP contribution in [0.4, 0.5) is 0 Å². The van der Waals surface area contributed by atoms with Crippen LogP contribution in [0.5, 0.6) is 5.75 Å². The summed E-state index contributed by atoms with van der Waals surface area (Å²) in [5.74, 6) is 1.85. The van der Waals surface area contributed by atoms with E-state index in [0.717, 1.165) is 68.3 Å². The number of nitrogens with zero attached hydrogens (tertiary/aromatic N) is 3. The molecule has 31 heavy (non-hydrogen) atoms. The first-order valence-electron chi connectivity index (χ1n) is 11.2. The monoisotopic (exact) mass is 415 g/mol. The van der Waals surface area contributed by atoms with E-state index in [1.165, 1.54) is 12.0 Å². The van der Waals surface area contributed by atoms with Gasteiger partial charge < -0.3 is 4.74 Å². The zero-order valence-corrected chi connectivity index (χ0v) is 18.1. The van der Waals surface area contributed by atoms with E-state index < -0.39 is 0 Å². The molecule has 2 aliphatic rings. The van der Waals surface area contributed by atoms with Gasteiger partial charge in [0.1, 0.15) is 11.6 Å². The number of aryl methyl sites for hydroxylation is 1. The largest absolute Gasteiger partial charge is 0.497 e. The molecule has 2 aliphatic heterocycles. The van der Waals surface area contributed by atoms with Crippen LogP contribution in [0.15, 0.2) is 65.5 Å². The highest BCUT2D eigenvalue weighted by molar-refractivity contribution is 5.58. The van der Waals surface area contributed by atoms with Crippen LogP contribution in [0.25, 0.3) is 11.3 Å². The highest BCUT2D eigenvalue weighted by Gasteiger charge is 2.39. The molecule has 1 atom stereocenters. The van der Waals surface area contributed by atoms with Crippen LogP contribution in [0.1, 0.15) is 30.7 Å². The van der Waals surface area contributed by atoms with Gasteiger partial charge in [0, 0.05) is 37.7 Å². The Morgan fingerprint density at radius 3 is 2.68 bits per heavy atom. The summed E-state index contributed by atoms with van der Waals surface area (Å²) in [4.78, 5) is 20.3. The number of rotatable bonds is 4. The minimum absolute atomic E-state index is 0.0761. The zero-order chi connectivity index (χ0) is 21.3. The first-order valence-corrected chi connectivity index (χ1v) is 11.2. The predicted octanol–water partition coefficient (Wildman–Crippen LogP) is 4.15. The lowest BCUT2D eigenvalue weighted by Crippen LogP contribution is -2.28. The fraction of sp³-hybridized carbons (Fsp3) is 0.385. The lowest BCUT2D eigenvalue weighted by molar-refractivity contribution is 0.220. The number of benzene rings is 2. The molecule has 5 rings (SSSR count). The van der Waals surface area contributed by atoms with Crippen molar-refractivity contribution in [3.8, 4) is 17.0 Å². The SMILES string of the molecule is COc1cccc(CN2CC[C@@]3(CCc4nc(-c5ccccc5)cc(=O)n4CC3)C2)c1. The van der Waals surface area contributed by atoms with Gasteiger partial charge in [0.25, 0.3) is 5.56 Å². The standard InChI is InChI=1S/C26H29N3O2/c1-31-22-9-5-6-20(16-22)18-28-14-12-26(19-28)11-10-24-27-23(21-7-3-2-4-8-21)17-25(30)29(24)15-13-26/h2-9,16-17H,10-15,18-19H2,1H3/t26-/m1/s1. The second-order valence-electron chi connectivity index (χ2n) is 8.98. The molecule has 3 heterocycles. The fourth-order valence-electron chi connectivity index (χ4n) is 5.19. The second kappa shape index (κ2) is 8.31. The molecule has 5 nitrogen and oxygen atoms in total. The summed E-state index contributed by atoms with van der Waals surface area (Å²) in [6.45, 7) is 3.90. The number of hydrogen-bond donors (Lipinski definition) is 0. The van der Waals surface area contributed by atoms with Crippen molar-refractivity contribution in [3.05, 3.63) is 82.4 Å². The van der Waals surface area contributed by atoms with Crippen molar-refractivity contribution in [2.45, 2.75) is 38.8 Å². The van der Waals surface area contributed by atoms with E-state index >= 15 is 0 Å². The normalized spacial score (nSPS) is 21.1. The fourth-order valence-corrected chi connectivity index (χ4v) is 5.19. The van der Waals surface area contributed by atoms with Gasteiger partial charge in [-0.15, -0.1) is 0 Å². The zero-order valence-electron chi connectivity index (χ0n) is 18.1. The van der Waals surface area contributed by atoms with Crippen molar-refractivity contribution < 1.29 is 4.74 Å². The molecule has 2 aromatic carbocycles. The predicted molar refractivity (Wildman–Crippen MR) is 122 cm³/mol. The van der Waals surface area contributed by atoms with Crippen molar-refractivity contribution in [3.63, 3.8) is 0 Å². The number of aromatic nitrogens is 2. The van der Waals surface area contributed by atoms with Gasteiger partial charge in [-0.2, -0.15) is 0 Å². The molecular formula is C26H29N3O2. The van der Waals surface area contributed by atoms with Crippen LogP contribution in [-0.4, -0.2) is 34.7 Å². The maximum absolute atomic E-state index is 12.9. The molecule has 1 saturated heterocycles. The van der Waals surface area contributed by atoms with Crippen LogP contribution in [-0.2, 0) is 19.5 Å². The summed E-state index contributed by atoms with van der Waals surface area (Å²) in [5, 5.41) is 0. The smallest absolute Gasteiger partial charge is 0.254 e. The third-order valence-electron chi connectivity index (χ3n) is 6.96. The quantitative estimate of drug-likeness (QED) is 0.642. The molecule has 0 bridgehead atoms. The summed E-state index contributed by atoms with van der Waals surface area (Å²) in [6, 6.07) is 20.1. The Hall–Kier alpha value is -2.92. The van der Waals surface area contributed by atoms with Crippen LogP contribution < -0.4 is 10.3 Å². The average molecular weight is 416 g/mol. The van der Waals surface area contributed by atoms with Gasteiger partial charge in [-0.05, 0) is 48.9 Å². The number of methoxy groups -OCH3 is 1. The molecule has 1 fully saturated rings. The molecule has 0 aliphatic carbocycles. The highest BCUT2D eigenvalue weighted by atomic mass is 16.5. The Balaban J connectivity index is 1.32. The first-order chi connectivity index (χ1) is 15.1. The van der Waals surface area contributed by atoms with Crippen molar-refractivity contribution in [1.82, 2.24) is 14.5 Å². The van der Waals surface area contributed by atoms with Gasteiger partial charge in [-0.3, -0.25) is 14.3 Å². The van der Waals surface area contributed by atoms with E-state index in [0.29, 0.717) is 0 Å². The Bertz CT molecular complexity index is 1120. The summed E-state index contributed by atoms with van der Waals surface area (Å²) < 4.78 is 7.29. The van der Waals surface area contributed by atoms with Gasteiger partial charge in [0.15, 0.2) is 0 Å². The van der Waals surface area contributed by atoms with Crippen LogP contribution in [0.2, 0.25) is 0 Å². The van der Waals surface area contributed by atoms with Gasteiger partial charge in [-0.25, -0.2) is 4.98 Å². The maximum atomic E-state index is 12.9. The topological polar surface area (TPSA) is 47.4 Å². The van der Waals surface area contributed by atoms with Crippen molar-refractivity contribution in [2.75, 3.05) is 20.2 Å². The molecule has 0 N–H and O–H groups in total. The van der Waals surface area contributed by atoms with E-state index in [9.17, 15) is 4.79 Å². The molecule has 1 spiro atoms. The van der Waals surface area contributed by atoms with E-state index in [4.69, 9.17) is 9.72 Å². The minimum atomic E-state index is 0.0761. The Labute approximate surface area is 183 Å². The number of likely N-dealkylation sites (tertiary alicyclic amines) is 1. The van der Waals surface area contributed by atoms with Crippen molar-refractivity contribution >= 4 is 0 Å². The third kappa shape index (κ3) is 4.15. The Morgan fingerprint density at radius 2 is 1.84 bits per heavy atom. The van der Waals surface area contributed by atoms with Crippen LogP contribution in [0, 0.1) is 5.41 Å². The number of fused-ring (bicyclic) bond motifs is 1. The molecule has 0 radical (unpaired) electrons. The summed E-state index contributed by atoms with van der Waals surface area (Å²) in [5.41, 5.74) is 3.43. The van der Waals surface area contributed by atoms with Gasteiger partial charge in [0.2, 0.25) is 0 Å². The lowest BCUT2D eigenvalue weighted by Gasteiger charge is -2.27. The first kappa shape index (κ1) is 20.0. The Kier molecular flexibility index (Phi) is 5.36. The molecular weight excluding hydrogens is 386 g/mol. The maximum Gasteiger partial charge on any atom is 0.254 e. The molecule has 0 saturated carbocycles. The van der Waals surface area contributed by atoms with E-state index in [1.807, 2.05) is 41.0 Å². The molecule has 1 aromatic heterocycles. The molecule has 5 heteroatoms. The van der Waals surface area contributed by atoms with Gasteiger partial charge in [0.05, 0.1) is 12.8 Å². The second-order valence-corrected chi connectivity index (χ2v) is 8.98. The van der Waals surface area contributed by atoms with Gasteiger partial charge >= 0.3 is 0 Å². The summed E-state index contributed by atoms with van der Waals surface area (Å²) >= 11 is 0. The molecule has 0 unspecified atom stereocenters. The lowest BCUT2D eigenvalue weighted by atomic mass is 9.80. The molecule has 0 amide bonds. The van der Waals surface area contributed by atoms with Crippen molar-refractivity contribution in [2.24, 2.45) is 5.41 Å². The molecule has 3 aromatic rings. The third-order valence-corrected chi connectivity index (χ3v) is 6.96. The summed E-state index contributed by atoms with van der Waals surface area (Å²) in [6.07, 6.45) is 4.18. The van der Waals surface area contributed by atoms with Gasteiger partial charge in [-0.1, -0.05) is 42.5 Å². The van der Waals surface area contributed by atoms with E-state index in [-0.39, 0.29) is 11.0 Å². The summed E-state index contributed by atoms with van der Waals surface area (Å²) in [7, 11) is 1.71. The minimum Gasteiger partial charge on any atom is -0.497 e. The number of ether oxygens (including phenoxy) is 1. The molecule has 160 valence electrons. The highest BCUT2D eigenvalue weighted by Crippen LogP contribution is 2.41. The van der Waals surface area contributed by atoms with E-state index in [2.05, 4.69) is 23.1 Å². The van der Waals surface area contributed by atoms with Crippen LogP contribution >= 0.6 is 0 Å². The average Bonchev–Trinajstić information content (AvgIpc) is 3.10. The Morgan fingerprint density at radius 1 is 1.00 bits per heavy atom. The van der Waals surface area contributed by atoms with Crippen molar-refractivity contribution in [1.29, 1.82) is 0 Å². The van der Waals surface area contributed by atoms with Crippen LogP contribution in [0.3, 0.4) is 0 Å².